The van der Waals surface area contributed by atoms with Crippen molar-refractivity contribution >= 4 is 38.9 Å². The number of para-hydroxylation sites is 1. The molecule has 10 rings (SSSR count). The van der Waals surface area contributed by atoms with Crippen LogP contribution in [-0.2, 0) is 11.8 Å². The Kier molecular flexibility index (Phi) is 16.8. The van der Waals surface area contributed by atoms with Crippen molar-refractivity contribution in [2.45, 2.75) is 162 Å². The Morgan fingerprint density at radius 2 is 0.840 bits per heavy atom. The Morgan fingerprint density at radius 1 is 0.373 bits per heavy atom. The molecule has 0 unspecified atom stereocenters. The second-order valence-electron chi connectivity index (χ2n) is 22.3. The molecular weight excluding hydrogens is 905 g/mol. The number of unbranched alkanes of at least 4 members (excludes halogenated alkanes) is 13. The number of hydrogen-bond donors (Lipinski definition) is 0. The molecule has 2 heteroatoms. The molecule has 75 heavy (non-hydrogen) atoms. The van der Waals surface area contributed by atoms with E-state index >= 15 is 0 Å². The van der Waals surface area contributed by atoms with Gasteiger partial charge in [-0.1, -0.05) is 231 Å². The fourth-order valence-corrected chi connectivity index (χ4v) is 12.6. The minimum Gasteiger partial charge on any atom is -0.311 e. The molecule has 0 aliphatic heterocycles. The van der Waals surface area contributed by atoms with Gasteiger partial charge in [-0.05, 0) is 162 Å². The Bertz CT molecular complexity index is 3260. The average Bonchev–Trinajstić information content (AvgIpc) is 3.93. The van der Waals surface area contributed by atoms with E-state index in [1.165, 1.54) is 193 Å². The van der Waals surface area contributed by atoms with E-state index in [9.17, 15) is 0 Å². The molecule has 8 aromatic carbocycles. The van der Waals surface area contributed by atoms with Crippen LogP contribution in [0.5, 0.6) is 0 Å². The summed E-state index contributed by atoms with van der Waals surface area (Å²) in [6.07, 6.45) is 24.7. The van der Waals surface area contributed by atoms with Crippen LogP contribution in [0.2, 0.25) is 0 Å². The molecule has 1 aromatic heterocycles. The van der Waals surface area contributed by atoms with Crippen molar-refractivity contribution in [3.63, 3.8) is 0 Å². The maximum absolute atomic E-state index is 2.60. The number of aromatic nitrogens is 1. The third-order valence-corrected chi connectivity index (χ3v) is 16.8. The molecule has 0 saturated carbocycles. The third-order valence-electron chi connectivity index (χ3n) is 16.8. The highest BCUT2D eigenvalue weighted by Gasteiger charge is 2.42. The van der Waals surface area contributed by atoms with Crippen molar-refractivity contribution in [3.05, 3.63) is 204 Å². The molecule has 0 saturated heterocycles. The minimum atomic E-state index is 0.0566. The molecule has 2 nitrogen and oxygen atoms in total. The smallest absolute Gasteiger partial charge is 0.0541 e. The summed E-state index contributed by atoms with van der Waals surface area (Å²) in [7, 11) is 0. The van der Waals surface area contributed by atoms with E-state index in [0.29, 0.717) is 0 Å². The van der Waals surface area contributed by atoms with Crippen LogP contribution >= 0.6 is 0 Å². The van der Waals surface area contributed by atoms with Gasteiger partial charge in [0.25, 0.3) is 0 Å². The van der Waals surface area contributed by atoms with Gasteiger partial charge in [0.1, 0.15) is 0 Å². The summed E-state index contributed by atoms with van der Waals surface area (Å²) in [5.41, 5.74) is 22.4. The molecule has 9 aromatic rings. The van der Waals surface area contributed by atoms with E-state index in [-0.39, 0.29) is 5.41 Å². The first kappa shape index (κ1) is 51.8. The van der Waals surface area contributed by atoms with Crippen molar-refractivity contribution in [1.82, 2.24) is 4.57 Å². The topological polar surface area (TPSA) is 8.17 Å². The highest BCUT2D eigenvalue weighted by atomic mass is 15.1. The van der Waals surface area contributed by atoms with E-state index in [1.54, 1.807) is 11.1 Å². The molecule has 0 fully saturated rings. The van der Waals surface area contributed by atoms with Gasteiger partial charge in [-0.2, -0.15) is 0 Å². The molecular formula is C73H82N2. The van der Waals surface area contributed by atoms with Gasteiger partial charge in [-0.3, -0.25) is 0 Å². The quantitative estimate of drug-likeness (QED) is 0.0518. The number of rotatable bonds is 25. The molecule has 0 atom stereocenters. The van der Waals surface area contributed by atoms with E-state index in [4.69, 9.17) is 0 Å². The minimum absolute atomic E-state index is 0.0566. The molecule has 1 aliphatic carbocycles. The summed E-state index contributed by atoms with van der Waals surface area (Å²) in [4.78, 5) is 2.41. The summed E-state index contributed by atoms with van der Waals surface area (Å²) >= 11 is 0. The number of anilines is 3. The zero-order valence-electron chi connectivity index (χ0n) is 46.1. The van der Waals surface area contributed by atoms with Crippen LogP contribution in [0, 0.1) is 13.8 Å². The van der Waals surface area contributed by atoms with Crippen LogP contribution < -0.4 is 4.90 Å². The van der Waals surface area contributed by atoms with Crippen LogP contribution in [-0.4, -0.2) is 4.57 Å². The van der Waals surface area contributed by atoms with Gasteiger partial charge in [0.2, 0.25) is 0 Å². The largest absolute Gasteiger partial charge is 0.311 e. The fraction of sp³-hybridized carbons (Fsp3) is 0.342. The van der Waals surface area contributed by atoms with Gasteiger partial charge in [0, 0.05) is 38.9 Å². The summed E-state index contributed by atoms with van der Waals surface area (Å²) in [5.74, 6) is 0. The number of nitrogens with zero attached hydrogens (tertiary/aromatic N) is 2. The lowest BCUT2D eigenvalue weighted by Crippen LogP contribution is -2.25. The first-order valence-corrected chi connectivity index (χ1v) is 29.4. The molecule has 1 aliphatic rings. The van der Waals surface area contributed by atoms with Crippen LogP contribution in [0.4, 0.5) is 17.1 Å². The zero-order chi connectivity index (χ0) is 51.6. The fourth-order valence-electron chi connectivity index (χ4n) is 12.6. The lowest BCUT2D eigenvalue weighted by molar-refractivity contribution is 0.398. The SMILES string of the molecule is CCCCCCCCC1(CCCCCCCC)c2cc(C)ccc2-c2ccc(-c3ccc(N(c4ccc(C)cc4)c4ccc(-c5ccc6c(c5)c5ccccc5n6-c5ccc(CCCCCC)cc5)cc4)cc3)cc21. The van der Waals surface area contributed by atoms with Crippen molar-refractivity contribution in [1.29, 1.82) is 0 Å². The summed E-state index contributed by atoms with van der Waals surface area (Å²) < 4.78 is 2.44. The Labute approximate surface area is 450 Å². The Balaban J connectivity index is 0.942. The number of hydrogen-bond acceptors (Lipinski definition) is 1. The molecule has 0 radical (unpaired) electrons. The van der Waals surface area contributed by atoms with E-state index in [0.717, 1.165) is 23.5 Å². The number of fused-ring (bicyclic) bond motifs is 6. The van der Waals surface area contributed by atoms with Crippen LogP contribution in [0.25, 0.3) is 60.9 Å². The summed E-state index contributed by atoms with van der Waals surface area (Å²) in [6.45, 7) is 11.4. The van der Waals surface area contributed by atoms with Gasteiger partial charge >= 0.3 is 0 Å². The number of benzene rings is 8. The van der Waals surface area contributed by atoms with E-state index in [2.05, 4.69) is 220 Å². The van der Waals surface area contributed by atoms with E-state index < -0.39 is 0 Å². The molecule has 384 valence electrons. The first-order chi connectivity index (χ1) is 36.9. The van der Waals surface area contributed by atoms with E-state index in [1.807, 2.05) is 0 Å². The van der Waals surface area contributed by atoms with Crippen molar-refractivity contribution < 1.29 is 0 Å². The van der Waals surface area contributed by atoms with Crippen LogP contribution in [0.3, 0.4) is 0 Å². The lowest BCUT2D eigenvalue weighted by atomic mass is 9.70. The average molecular weight is 987 g/mol. The Morgan fingerprint density at radius 3 is 1.45 bits per heavy atom. The predicted molar refractivity (Wildman–Crippen MR) is 326 cm³/mol. The second kappa shape index (κ2) is 24.4. The summed E-state index contributed by atoms with van der Waals surface area (Å²) in [6, 6.07) is 67.5. The van der Waals surface area contributed by atoms with Crippen LogP contribution in [0.1, 0.15) is 164 Å². The molecule has 0 bridgehead atoms. The highest BCUT2D eigenvalue weighted by Crippen LogP contribution is 2.55. The van der Waals surface area contributed by atoms with Crippen molar-refractivity contribution in [2.75, 3.05) is 4.90 Å². The van der Waals surface area contributed by atoms with Gasteiger partial charge < -0.3 is 9.47 Å². The van der Waals surface area contributed by atoms with Gasteiger partial charge in [0.05, 0.1) is 11.0 Å². The van der Waals surface area contributed by atoms with Gasteiger partial charge in [-0.15, -0.1) is 0 Å². The zero-order valence-corrected chi connectivity index (χ0v) is 46.1. The third kappa shape index (κ3) is 11.3. The molecule has 0 N–H and O–H groups in total. The number of aryl methyl sites for hydroxylation is 3. The molecule has 1 heterocycles. The lowest BCUT2D eigenvalue weighted by Gasteiger charge is -2.33. The normalized spacial score (nSPS) is 12.7. The van der Waals surface area contributed by atoms with Gasteiger partial charge in [0.15, 0.2) is 0 Å². The van der Waals surface area contributed by atoms with Crippen molar-refractivity contribution in [2.24, 2.45) is 0 Å². The van der Waals surface area contributed by atoms with Crippen molar-refractivity contribution in [3.8, 4) is 39.1 Å². The Hall–Kier alpha value is -6.64. The molecule has 0 amide bonds. The summed E-state index contributed by atoms with van der Waals surface area (Å²) in [5, 5.41) is 2.56. The van der Waals surface area contributed by atoms with Gasteiger partial charge in [-0.25, -0.2) is 0 Å². The monoisotopic (exact) mass is 987 g/mol. The maximum atomic E-state index is 2.60. The first-order valence-electron chi connectivity index (χ1n) is 29.4. The maximum Gasteiger partial charge on any atom is 0.0541 e. The second-order valence-corrected chi connectivity index (χ2v) is 22.3. The standard InChI is InChI=1S/C73H82N2/c1-6-9-12-15-17-22-49-73(50-23-18-16-13-10-7-2)69-51-55(5)29-46-65(69)66-47-36-60(53-70(66)73)58-34-44-63(45-35-58)74(61-38-27-54(4)28-39-61)62-42-32-57(33-43-62)59-37-48-72-68(52-59)67-25-20-21-26-71(67)75(72)64-40-30-56(31-41-64)24-19-14-11-8-3/h20-21,25-48,51-53H,6-19,22-24,49-50H2,1-5H3. The van der Waals surface area contributed by atoms with Crippen LogP contribution in [0.15, 0.2) is 176 Å². The molecule has 0 spiro atoms. The highest BCUT2D eigenvalue weighted by molar-refractivity contribution is 6.10. The predicted octanol–water partition coefficient (Wildman–Crippen LogP) is 22.1.